The van der Waals surface area contributed by atoms with Crippen LogP contribution < -0.4 is 0 Å². The Morgan fingerprint density at radius 2 is 2.09 bits per heavy atom. The van der Waals surface area contributed by atoms with Crippen molar-refractivity contribution in [3.8, 4) is 0 Å². The highest BCUT2D eigenvalue weighted by atomic mass is 16.2. The summed E-state index contributed by atoms with van der Waals surface area (Å²) in [5.41, 5.74) is 4.62. The van der Waals surface area contributed by atoms with Crippen molar-refractivity contribution in [1.82, 2.24) is 9.88 Å². The molecule has 22 heavy (non-hydrogen) atoms. The summed E-state index contributed by atoms with van der Waals surface area (Å²) in [6, 6.07) is 10.2. The molecule has 0 spiro atoms. The fraction of sp³-hybridized carbons (Fsp3) is 0.368. The highest BCUT2D eigenvalue weighted by Gasteiger charge is 2.22. The lowest BCUT2D eigenvalue weighted by molar-refractivity contribution is 0.0702. The summed E-state index contributed by atoms with van der Waals surface area (Å²) < 4.78 is 0. The molecule has 114 valence electrons. The number of aromatic nitrogens is 1. The van der Waals surface area contributed by atoms with Gasteiger partial charge in [-0.2, -0.15) is 0 Å². The van der Waals surface area contributed by atoms with E-state index in [1.165, 1.54) is 17.5 Å². The van der Waals surface area contributed by atoms with E-state index < -0.39 is 0 Å². The fourth-order valence-corrected chi connectivity index (χ4v) is 3.27. The van der Waals surface area contributed by atoms with Crippen molar-refractivity contribution in [2.45, 2.75) is 39.2 Å². The standard InChI is InChI=1S/C19H22N2O/c1-3-21(14(2)18-8-5-11-20-13-18)19(22)17-10-9-15-6-4-7-16(15)12-17/h5,8-14H,3-4,6-7H2,1-2H3. The molecule has 3 heteroatoms. The Kier molecular flexibility index (Phi) is 4.23. The van der Waals surface area contributed by atoms with Gasteiger partial charge in [0.25, 0.3) is 5.91 Å². The predicted octanol–water partition coefficient (Wildman–Crippen LogP) is 3.79. The Labute approximate surface area is 132 Å². The second-order valence-electron chi connectivity index (χ2n) is 5.89. The molecule has 1 aliphatic carbocycles. The molecule has 0 bridgehead atoms. The molecule has 1 amide bonds. The smallest absolute Gasteiger partial charge is 0.254 e. The molecule has 1 aromatic heterocycles. The van der Waals surface area contributed by atoms with Crippen LogP contribution in [0.3, 0.4) is 0 Å². The largest absolute Gasteiger partial charge is 0.332 e. The molecule has 0 aliphatic heterocycles. The van der Waals surface area contributed by atoms with Crippen LogP contribution >= 0.6 is 0 Å². The summed E-state index contributed by atoms with van der Waals surface area (Å²) in [5.74, 6) is 0.105. The number of benzene rings is 1. The first-order valence-corrected chi connectivity index (χ1v) is 8.03. The maximum absolute atomic E-state index is 12.9. The number of carbonyl (C=O) groups is 1. The van der Waals surface area contributed by atoms with Crippen LogP contribution in [0.25, 0.3) is 0 Å². The highest BCUT2D eigenvalue weighted by Crippen LogP contribution is 2.26. The number of aryl methyl sites for hydroxylation is 2. The van der Waals surface area contributed by atoms with Crippen molar-refractivity contribution in [2.24, 2.45) is 0 Å². The van der Waals surface area contributed by atoms with Crippen LogP contribution in [0.5, 0.6) is 0 Å². The molecule has 1 atom stereocenters. The van der Waals surface area contributed by atoms with Gasteiger partial charge >= 0.3 is 0 Å². The van der Waals surface area contributed by atoms with Crippen molar-refractivity contribution < 1.29 is 4.79 Å². The summed E-state index contributed by atoms with van der Waals surface area (Å²) in [6.45, 7) is 4.77. The second-order valence-corrected chi connectivity index (χ2v) is 5.89. The predicted molar refractivity (Wildman–Crippen MR) is 87.8 cm³/mol. The molecule has 0 saturated carbocycles. The Morgan fingerprint density at radius 3 is 2.82 bits per heavy atom. The van der Waals surface area contributed by atoms with E-state index in [0.29, 0.717) is 6.54 Å². The van der Waals surface area contributed by atoms with Crippen LogP contribution in [0.4, 0.5) is 0 Å². The van der Waals surface area contributed by atoms with E-state index in [2.05, 4.69) is 24.0 Å². The summed E-state index contributed by atoms with van der Waals surface area (Å²) in [5, 5.41) is 0. The van der Waals surface area contributed by atoms with Crippen LogP contribution in [-0.4, -0.2) is 22.3 Å². The lowest BCUT2D eigenvalue weighted by Gasteiger charge is -2.28. The van der Waals surface area contributed by atoms with E-state index in [9.17, 15) is 4.79 Å². The number of pyridine rings is 1. The van der Waals surface area contributed by atoms with E-state index >= 15 is 0 Å². The summed E-state index contributed by atoms with van der Waals surface area (Å²) in [6.07, 6.45) is 7.04. The molecular formula is C19H22N2O. The molecule has 1 aromatic carbocycles. The maximum Gasteiger partial charge on any atom is 0.254 e. The van der Waals surface area contributed by atoms with Crippen molar-refractivity contribution >= 4 is 5.91 Å². The Balaban J connectivity index is 1.85. The molecule has 3 nitrogen and oxygen atoms in total. The minimum absolute atomic E-state index is 0.0273. The Bertz CT molecular complexity index is 666. The highest BCUT2D eigenvalue weighted by molar-refractivity contribution is 5.94. The third-order valence-electron chi connectivity index (χ3n) is 4.58. The minimum atomic E-state index is 0.0273. The molecule has 3 rings (SSSR count). The van der Waals surface area contributed by atoms with Crippen LogP contribution in [0.2, 0.25) is 0 Å². The molecule has 1 heterocycles. The van der Waals surface area contributed by atoms with E-state index in [1.807, 2.05) is 36.2 Å². The number of hydrogen-bond acceptors (Lipinski definition) is 2. The van der Waals surface area contributed by atoms with Crippen LogP contribution in [0.15, 0.2) is 42.7 Å². The van der Waals surface area contributed by atoms with E-state index in [4.69, 9.17) is 0 Å². The van der Waals surface area contributed by atoms with Crippen molar-refractivity contribution in [3.05, 3.63) is 65.0 Å². The van der Waals surface area contributed by atoms with Gasteiger partial charge in [-0.15, -0.1) is 0 Å². The topological polar surface area (TPSA) is 33.2 Å². The molecule has 0 fully saturated rings. The average Bonchev–Trinajstić information content (AvgIpc) is 3.03. The van der Waals surface area contributed by atoms with Crippen molar-refractivity contribution in [1.29, 1.82) is 0 Å². The quantitative estimate of drug-likeness (QED) is 0.859. The molecular weight excluding hydrogens is 272 g/mol. The van der Waals surface area contributed by atoms with Crippen LogP contribution in [0.1, 0.15) is 53.4 Å². The summed E-state index contributed by atoms with van der Waals surface area (Å²) in [4.78, 5) is 19.0. The zero-order valence-electron chi connectivity index (χ0n) is 13.2. The molecule has 2 aromatic rings. The average molecular weight is 294 g/mol. The molecule has 0 saturated heterocycles. The first kappa shape index (κ1) is 14.8. The third-order valence-corrected chi connectivity index (χ3v) is 4.58. The van der Waals surface area contributed by atoms with E-state index in [1.54, 1.807) is 6.20 Å². The lowest BCUT2D eigenvalue weighted by Crippen LogP contribution is -2.33. The number of carbonyl (C=O) groups excluding carboxylic acids is 1. The van der Waals surface area contributed by atoms with Crippen molar-refractivity contribution in [3.63, 3.8) is 0 Å². The third kappa shape index (κ3) is 2.76. The van der Waals surface area contributed by atoms with E-state index in [0.717, 1.165) is 24.0 Å². The van der Waals surface area contributed by atoms with Gasteiger partial charge in [-0.25, -0.2) is 0 Å². The first-order chi connectivity index (χ1) is 10.7. The van der Waals surface area contributed by atoms with Gasteiger partial charge < -0.3 is 4.90 Å². The van der Waals surface area contributed by atoms with Gasteiger partial charge in [-0.05, 0) is 68.0 Å². The summed E-state index contributed by atoms with van der Waals surface area (Å²) in [7, 11) is 0. The number of rotatable bonds is 4. The van der Waals surface area contributed by atoms with Gasteiger partial charge in [-0.3, -0.25) is 9.78 Å². The normalized spacial score (nSPS) is 14.5. The first-order valence-electron chi connectivity index (χ1n) is 8.03. The number of nitrogens with zero attached hydrogens (tertiary/aromatic N) is 2. The molecule has 0 radical (unpaired) electrons. The van der Waals surface area contributed by atoms with E-state index in [-0.39, 0.29) is 11.9 Å². The fourth-order valence-electron chi connectivity index (χ4n) is 3.27. The molecule has 1 aliphatic rings. The van der Waals surface area contributed by atoms with Crippen LogP contribution in [0, 0.1) is 0 Å². The van der Waals surface area contributed by atoms with Gasteiger partial charge in [0.05, 0.1) is 6.04 Å². The SMILES string of the molecule is CCN(C(=O)c1ccc2c(c1)CCC2)C(C)c1cccnc1. The van der Waals surface area contributed by atoms with Gasteiger partial charge in [0, 0.05) is 24.5 Å². The maximum atomic E-state index is 12.9. The molecule has 1 unspecified atom stereocenters. The zero-order valence-corrected chi connectivity index (χ0v) is 13.2. The zero-order chi connectivity index (χ0) is 15.5. The van der Waals surface area contributed by atoms with Crippen LogP contribution in [-0.2, 0) is 12.8 Å². The second kappa shape index (κ2) is 6.30. The monoisotopic (exact) mass is 294 g/mol. The van der Waals surface area contributed by atoms with Gasteiger partial charge in [0.15, 0.2) is 0 Å². The molecule has 0 N–H and O–H groups in total. The summed E-state index contributed by atoms with van der Waals surface area (Å²) >= 11 is 0. The number of amides is 1. The number of fused-ring (bicyclic) bond motifs is 1. The van der Waals surface area contributed by atoms with Gasteiger partial charge in [-0.1, -0.05) is 12.1 Å². The van der Waals surface area contributed by atoms with Crippen molar-refractivity contribution in [2.75, 3.05) is 6.54 Å². The Hall–Kier alpha value is -2.16. The minimum Gasteiger partial charge on any atom is -0.332 e. The van der Waals surface area contributed by atoms with Gasteiger partial charge in [0.1, 0.15) is 0 Å². The Morgan fingerprint density at radius 1 is 1.27 bits per heavy atom. The number of hydrogen-bond donors (Lipinski definition) is 0. The van der Waals surface area contributed by atoms with Gasteiger partial charge in [0.2, 0.25) is 0 Å². The lowest BCUT2D eigenvalue weighted by atomic mass is 10.0.